The second kappa shape index (κ2) is 6.85. The summed E-state index contributed by atoms with van der Waals surface area (Å²) in [5.41, 5.74) is 1.10. The van der Waals surface area contributed by atoms with Gasteiger partial charge >= 0.3 is 0 Å². The van der Waals surface area contributed by atoms with Crippen LogP contribution in [0.25, 0.3) is 0 Å². The summed E-state index contributed by atoms with van der Waals surface area (Å²) in [7, 11) is -3.70. The molecular weight excluding hydrogens is 352 g/mol. The predicted molar refractivity (Wildman–Crippen MR) is 95.8 cm³/mol. The number of carbonyl (C=O) groups excluding carboxylic acids is 1. The minimum atomic E-state index is -3.70. The molecule has 2 unspecified atom stereocenters. The molecule has 0 radical (unpaired) electrons. The molecule has 2 aromatic rings. The first-order valence-electron chi connectivity index (χ1n) is 8.92. The second-order valence-electron chi connectivity index (χ2n) is 7.08. The molecule has 1 saturated carbocycles. The van der Waals surface area contributed by atoms with Crippen molar-refractivity contribution in [3.8, 4) is 0 Å². The van der Waals surface area contributed by atoms with Gasteiger partial charge in [0.05, 0.1) is 17.1 Å². The number of rotatable bonds is 5. The van der Waals surface area contributed by atoms with Gasteiger partial charge in [0, 0.05) is 24.3 Å². The van der Waals surface area contributed by atoms with Crippen molar-refractivity contribution < 1.29 is 13.2 Å². The molecule has 2 heterocycles. The number of nitrogens with one attached hydrogen (secondary N) is 2. The molecule has 0 spiro atoms. The maximum Gasteiger partial charge on any atom is 0.254 e. The Bertz CT molecular complexity index is 895. The second-order valence-corrected chi connectivity index (χ2v) is 8.85. The van der Waals surface area contributed by atoms with E-state index in [1.165, 1.54) is 25.0 Å². The highest BCUT2D eigenvalue weighted by molar-refractivity contribution is 7.89. The summed E-state index contributed by atoms with van der Waals surface area (Å²) in [5, 5.41) is 6.50. The molecule has 8 heteroatoms. The first-order valence-corrected chi connectivity index (χ1v) is 10.4. The number of fused-ring (bicyclic) bond motifs is 2. The van der Waals surface area contributed by atoms with Crippen LogP contribution in [0.1, 0.15) is 41.7 Å². The number of sulfonamides is 1. The van der Waals surface area contributed by atoms with Crippen molar-refractivity contribution >= 4 is 15.9 Å². The van der Waals surface area contributed by atoms with Crippen LogP contribution in [0.4, 0.5) is 0 Å². The van der Waals surface area contributed by atoms with Crippen molar-refractivity contribution in [2.75, 3.05) is 6.54 Å². The SMILES string of the molecule is O=C(c1cccc(S(=O)(=O)NCc2ccn[nH]2)c1)N1CC2CCCC1C2. The highest BCUT2D eigenvalue weighted by Gasteiger charge is 2.38. The Morgan fingerprint density at radius 1 is 1.31 bits per heavy atom. The summed E-state index contributed by atoms with van der Waals surface area (Å²) in [5.74, 6) is 0.533. The van der Waals surface area contributed by atoms with Crippen LogP contribution in [0.2, 0.25) is 0 Å². The maximum atomic E-state index is 12.9. The minimum Gasteiger partial charge on any atom is -0.335 e. The number of aromatic amines is 1. The average molecular weight is 374 g/mol. The zero-order chi connectivity index (χ0) is 18.1. The van der Waals surface area contributed by atoms with E-state index in [9.17, 15) is 13.2 Å². The molecule has 1 saturated heterocycles. The fraction of sp³-hybridized carbons (Fsp3) is 0.444. The average Bonchev–Trinajstić information content (AvgIpc) is 3.27. The van der Waals surface area contributed by atoms with Gasteiger partial charge in [0.25, 0.3) is 5.91 Å². The van der Waals surface area contributed by atoms with Gasteiger partial charge in [-0.1, -0.05) is 12.5 Å². The van der Waals surface area contributed by atoms with E-state index in [4.69, 9.17) is 0 Å². The molecule has 138 valence electrons. The van der Waals surface area contributed by atoms with Gasteiger partial charge in [-0.25, -0.2) is 13.1 Å². The number of hydrogen-bond donors (Lipinski definition) is 2. The first kappa shape index (κ1) is 17.2. The summed E-state index contributed by atoms with van der Waals surface area (Å²) in [6.07, 6.45) is 6.05. The Kier molecular flexibility index (Phi) is 4.54. The Balaban J connectivity index is 1.51. The number of benzene rings is 1. The summed E-state index contributed by atoms with van der Waals surface area (Å²) in [4.78, 5) is 14.9. The van der Waals surface area contributed by atoms with Gasteiger partial charge < -0.3 is 4.90 Å². The maximum absolute atomic E-state index is 12.9. The fourth-order valence-corrected chi connectivity index (χ4v) is 5.04. The quantitative estimate of drug-likeness (QED) is 0.836. The van der Waals surface area contributed by atoms with Crippen LogP contribution >= 0.6 is 0 Å². The fourth-order valence-electron chi connectivity index (χ4n) is 3.99. The van der Waals surface area contributed by atoms with Crippen LogP contribution in [-0.4, -0.2) is 42.0 Å². The summed E-state index contributed by atoms with van der Waals surface area (Å²) >= 11 is 0. The van der Waals surface area contributed by atoms with Crippen molar-refractivity contribution in [2.24, 2.45) is 5.92 Å². The smallest absolute Gasteiger partial charge is 0.254 e. The summed E-state index contributed by atoms with van der Waals surface area (Å²) < 4.78 is 27.6. The largest absolute Gasteiger partial charge is 0.335 e. The van der Waals surface area contributed by atoms with Crippen molar-refractivity contribution in [3.05, 3.63) is 47.8 Å². The van der Waals surface area contributed by atoms with E-state index in [0.29, 0.717) is 23.2 Å². The third-order valence-corrected chi connectivity index (χ3v) is 6.71. The Morgan fingerprint density at radius 2 is 2.19 bits per heavy atom. The van der Waals surface area contributed by atoms with E-state index in [1.54, 1.807) is 24.4 Å². The lowest BCUT2D eigenvalue weighted by Crippen LogP contribution is -2.35. The Hall–Kier alpha value is -2.19. The zero-order valence-corrected chi connectivity index (χ0v) is 15.2. The zero-order valence-electron chi connectivity index (χ0n) is 14.4. The number of aromatic nitrogens is 2. The van der Waals surface area contributed by atoms with Gasteiger partial charge in [0.15, 0.2) is 0 Å². The van der Waals surface area contributed by atoms with E-state index in [-0.39, 0.29) is 17.3 Å². The topological polar surface area (TPSA) is 95.2 Å². The molecule has 4 rings (SSSR count). The lowest BCUT2D eigenvalue weighted by molar-refractivity contribution is 0.0733. The van der Waals surface area contributed by atoms with Gasteiger partial charge in [0.1, 0.15) is 0 Å². The molecule has 2 aliphatic rings. The number of nitrogens with zero attached hydrogens (tertiary/aromatic N) is 2. The highest BCUT2D eigenvalue weighted by atomic mass is 32.2. The van der Waals surface area contributed by atoms with Crippen molar-refractivity contribution in [1.82, 2.24) is 19.8 Å². The summed E-state index contributed by atoms with van der Waals surface area (Å²) in [6.45, 7) is 0.912. The predicted octanol–water partition coefficient (Wildman–Crippen LogP) is 1.90. The molecule has 7 nitrogen and oxygen atoms in total. The minimum absolute atomic E-state index is 0.0648. The van der Waals surface area contributed by atoms with Crippen LogP contribution in [0.15, 0.2) is 41.4 Å². The van der Waals surface area contributed by atoms with Gasteiger partial charge in [-0.2, -0.15) is 5.10 Å². The number of hydrogen-bond acceptors (Lipinski definition) is 4. The van der Waals surface area contributed by atoms with E-state index < -0.39 is 10.0 Å². The monoisotopic (exact) mass is 374 g/mol. The lowest BCUT2D eigenvalue weighted by atomic mass is 9.90. The lowest BCUT2D eigenvalue weighted by Gasteiger charge is -2.24. The summed E-state index contributed by atoms with van der Waals surface area (Å²) in [6, 6.07) is 8.31. The third kappa shape index (κ3) is 3.39. The normalized spacial score (nSPS) is 22.5. The molecule has 2 N–H and O–H groups in total. The molecule has 2 bridgehead atoms. The first-order chi connectivity index (χ1) is 12.5. The molecule has 1 aliphatic carbocycles. The van der Waals surface area contributed by atoms with E-state index in [2.05, 4.69) is 14.9 Å². The van der Waals surface area contributed by atoms with Crippen LogP contribution < -0.4 is 4.72 Å². The van der Waals surface area contributed by atoms with E-state index in [0.717, 1.165) is 19.4 Å². The molecule has 1 amide bonds. The van der Waals surface area contributed by atoms with Crippen LogP contribution in [-0.2, 0) is 16.6 Å². The van der Waals surface area contributed by atoms with Gasteiger partial charge in [-0.15, -0.1) is 0 Å². The Morgan fingerprint density at radius 3 is 2.96 bits per heavy atom. The van der Waals surface area contributed by atoms with Crippen molar-refractivity contribution in [3.63, 3.8) is 0 Å². The van der Waals surface area contributed by atoms with Gasteiger partial charge in [-0.3, -0.25) is 9.89 Å². The molecule has 26 heavy (non-hydrogen) atoms. The number of likely N-dealkylation sites (tertiary alicyclic amines) is 1. The van der Waals surface area contributed by atoms with Crippen LogP contribution in [0, 0.1) is 5.92 Å². The number of amides is 1. The molecule has 2 fully saturated rings. The highest BCUT2D eigenvalue weighted by Crippen LogP contribution is 2.36. The molecule has 1 aromatic carbocycles. The van der Waals surface area contributed by atoms with Gasteiger partial charge in [0.2, 0.25) is 10.0 Å². The molecule has 2 atom stereocenters. The van der Waals surface area contributed by atoms with E-state index in [1.807, 2.05) is 4.90 Å². The van der Waals surface area contributed by atoms with Crippen molar-refractivity contribution in [2.45, 2.75) is 43.2 Å². The Labute approximate surface area is 152 Å². The third-order valence-electron chi connectivity index (χ3n) is 5.31. The van der Waals surface area contributed by atoms with Gasteiger partial charge in [-0.05, 0) is 49.4 Å². The van der Waals surface area contributed by atoms with Crippen LogP contribution in [0.5, 0.6) is 0 Å². The molecule has 1 aliphatic heterocycles. The molecular formula is C18H22N4O3S. The van der Waals surface area contributed by atoms with Crippen LogP contribution in [0.3, 0.4) is 0 Å². The number of H-pyrrole nitrogens is 1. The van der Waals surface area contributed by atoms with Crippen molar-refractivity contribution in [1.29, 1.82) is 0 Å². The number of carbonyl (C=O) groups is 1. The standard InChI is InChI=1S/C18H22N4O3S/c23-18(22-12-13-3-1-5-16(22)9-13)14-4-2-6-17(10-14)26(24,25)20-11-15-7-8-19-21-15/h2,4,6-8,10,13,16,20H,1,3,5,9,11-12H2,(H,19,21). The molecule has 1 aromatic heterocycles. The van der Waals surface area contributed by atoms with E-state index >= 15 is 0 Å².